The molecule has 0 amide bonds. The van der Waals surface area contributed by atoms with Gasteiger partial charge in [-0.1, -0.05) is 48.5 Å². The van der Waals surface area contributed by atoms with Crippen LogP contribution in [0.2, 0.25) is 0 Å². The number of hydrogen-bond acceptors (Lipinski definition) is 4. The maximum Gasteiger partial charge on any atom is 0.152 e. The van der Waals surface area contributed by atoms with Crippen molar-refractivity contribution >= 4 is 12.0 Å². The first kappa shape index (κ1) is 18.6. The maximum atomic E-state index is 14.6. The molecule has 4 nitrogen and oxygen atoms in total. The van der Waals surface area contributed by atoms with Crippen molar-refractivity contribution in [1.29, 1.82) is 0 Å². The molecule has 0 atom stereocenters. The monoisotopic (exact) mass is 385 g/mol. The van der Waals surface area contributed by atoms with Gasteiger partial charge in [-0.15, -0.1) is 0 Å². The van der Waals surface area contributed by atoms with Gasteiger partial charge >= 0.3 is 0 Å². The highest BCUT2D eigenvalue weighted by Crippen LogP contribution is 2.33. The van der Waals surface area contributed by atoms with Crippen molar-refractivity contribution in [3.05, 3.63) is 96.0 Å². The summed E-state index contributed by atoms with van der Waals surface area (Å²) in [5, 5.41) is 3.38. The van der Waals surface area contributed by atoms with Crippen LogP contribution >= 0.6 is 0 Å². The lowest BCUT2D eigenvalue weighted by Crippen LogP contribution is -2.07. The molecule has 4 aromatic rings. The van der Waals surface area contributed by atoms with Gasteiger partial charge in [0, 0.05) is 30.9 Å². The van der Waals surface area contributed by atoms with E-state index in [2.05, 4.69) is 10.3 Å². The highest BCUT2D eigenvalue weighted by atomic mass is 19.1. The third-order valence-electron chi connectivity index (χ3n) is 4.56. The molecule has 0 saturated carbocycles. The minimum Gasteiger partial charge on any atom is -0.463 e. The lowest BCUT2D eigenvalue weighted by Gasteiger charge is -2.15. The average molecular weight is 385 g/mol. The lowest BCUT2D eigenvalue weighted by molar-refractivity contribution is 0.580. The summed E-state index contributed by atoms with van der Waals surface area (Å²) in [6.07, 6.45) is 3.30. The second-order valence-corrected chi connectivity index (χ2v) is 6.50. The molecule has 0 aliphatic heterocycles. The normalized spacial score (nSPS) is 11.1. The molecule has 0 aliphatic carbocycles. The molecular formula is C24H20FN3O. The average Bonchev–Trinajstić information content (AvgIpc) is 3.29. The SMILES string of the molecule is CN=Cc1c(-c2ccccc2F)cc(-c2ccco2)nc1NCc1ccccc1. The van der Waals surface area contributed by atoms with Crippen LogP contribution in [0.4, 0.5) is 10.2 Å². The molecule has 0 aliphatic rings. The van der Waals surface area contributed by atoms with Gasteiger partial charge in [-0.3, -0.25) is 4.99 Å². The molecule has 0 fully saturated rings. The first-order valence-electron chi connectivity index (χ1n) is 9.30. The molecule has 0 bridgehead atoms. The highest BCUT2D eigenvalue weighted by Gasteiger charge is 2.17. The molecule has 2 aromatic carbocycles. The van der Waals surface area contributed by atoms with Crippen molar-refractivity contribution < 1.29 is 8.81 Å². The summed E-state index contributed by atoms with van der Waals surface area (Å²) in [6, 6.07) is 22.2. The number of nitrogens with zero attached hydrogens (tertiary/aromatic N) is 2. The zero-order valence-corrected chi connectivity index (χ0v) is 16.0. The third-order valence-corrected chi connectivity index (χ3v) is 4.56. The maximum absolute atomic E-state index is 14.6. The van der Waals surface area contributed by atoms with E-state index in [4.69, 9.17) is 9.40 Å². The smallest absolute Gasteiger partial charge is 0.152 e. The second kappa shape index (κ2) is 8.52. The van der Waals surface area contributed by atoms with Crippen molar-refractivity contribution in [1.82, 2.24) is 4.98 Å². The summed E-state index contributed by atoms with van der Waals surface area (Å²) in [7, 11) is 1.69. The van der Waals surface area contributed by atoms with Crippen LogP contribution in [0.25, 0.3) is 22.6 Å². The molecule has 1 N–H and O–H groups in total. The predicted molar refractivity (Wildman–Crippen MR) is 115 cm³/mol. The van der Waals surface area contributed by atoms with Crippen LogP contribution in [-0.2, 0) is 6.54 Å². The quantitative estimate of drug-likeness (QED) is 0.426. The fraction of sp³-hybridized carbons (Fsp3) is 0.0833. The Balaban J connectivity index is 1.86. The molecule has 29 heavy (non-hydrogen) atoms. The molecule has 0 unspecified atom stereocenters. The Hall–Kier alpha value is -3.73. The van der Waals surface area contributed by atoms with E-state index in [1.807, 2.05) is 48.5 Å². The first-order chi connectivity index (χ1) is 14.3. The number of nitrogens with one attached hydrogen (secondary N) is 1. The number of aliphatic imine (C=N–C) groups is 1. The summed E-state index contributed by atoms with van der Waals surface area (Å²) in [5.74, 6) is 0.931. The number of anilines is 1. The van der Waals surface area contributed by atoms with Gasteiger partial charge in [0.05, 0.1) is 6.26 Å². The van der Waals surface area contributed by atoms with Crippen LogP contribution in [-0.4, -0.2) is 18.2 Å². The van der Waals surface area contributed by atoms with Gasteiger partial charge in [0.1, 0.15) is 17.3 Å². The van der Waals surface area contributed by atoms with E-state index in [0.717, 1.165) is 11.1 Å². The predicted octanol–water partition coefficient (Wildman–Crippen LogP) is 5.81. The fourth-order valence-electron chi connectivity index (χ4n) is 3.18. The van der Waals surface area contributed by atoms with Crippen LogP contribution in [0, 0.1) is 5.82 Å². The van der Waals surface area contributed by atoms with Crippen molar-refractivity contribution in [3.8, 4) is 22.6 Å². The Morgan fingerprint density at radius 1 is 1.00 bits per heavy atom. The number of rotatable bonds is 6. The molecular weight excluding hydrogens is 365 g/mol. The van der Waals surface area contributed by atoms with Gasteiger partial charge in [-0.25, -0.2) is 9.37 Å². The number of aromatic nitrogens is 1. The zero-order valence-electron chi connectivity index (χ0n) is 16.0. The minimum absolute atomic E-state index is 0.302. The van der Waals surface area contributed by atoms with Crippen molar-refractivity contribution in [2.24, 2.45) is 4.99 Å². The first-order valence-corrected chi connectivity index (χ1v) is 9.30. The van der Waals surface area contributed by atoms with Crippen LogP contribution < -0.4 is 5.32 Å². The zero-order chi connectivity index (χ0) is 20.1. The van der Waals surface area contributed by atoms with Crippen LogP contribution in [0.3, 0.4) is 0 Å². The largest absolute Gasteiger partial charge is 0.463 e. The van der Waals surface area contributed by atoms with Gasteiger partial charge in [0.15, 0.2) is 5.76 Å². The molecule has 0 radical (unpaired) electrons. The van der Waals surface area contributed by atoms with Crippen LogP contribution in [0.1, 0.15) is 11.1 Å². The van der Waals surface area contributed by atoms with Crippen LogP contribution in [0.5, 0.6) is 0 Å². The number of furan rings is 1. The molecule has 0 saturated heterocycles. The standard InChI is InChI=1S/C24H20FN3O/c1-26-16-20-19(18-10-5-6-11-21(18)25)14-22(23-12-7-13-29-23)28-24(20)27-15-17-8-3-2-4-9-17/h2-14,16H,15H2,1H3,(H,27,28). The molecule has 0 spiro atoms. The third kappa shape index (κ3) is 4.09. The van der Waals surface area contributed by atoms with Gasteiger partial charge in [-0.2, -0.15) is 0 Å². The Kier molecular flexibility index (Phi) is 5.47. The molecule has 2 heterocycles. The van der Waals surface area contributed by atoms with E-state index in [9.17, 15) is 4.39 Å². The van der Waals surface area contributed by atoms with Gasteiger partial charge in [0.2, 0.25) is 0 Å². The summed E-state index contributed by atoms with van der Waals surface area (Å²) in [6.45, 7) is 0.580. The number of benzene rings is 2. The summed E-state index contributed by atoms with van der Waals surface area (Å²) < 4.78 is 20.2. The minimum atomic E-state index is -0.302. The molecule has 144 valence electrons. The molecule has 5 heteroatoms. The molecule has 4 rings (SSSR count). The number of halogens is 1. The van der Waals surface area contributed by atoms with Gasteiger partial charge < -0.3 is 9.73 Å². The van der Waals surface area contributed by atoms with Crippen molar-refractivity contribution in [3.63, 3.8) is 0 Å². The Labute approximate surface area is 168 Å². The lowest BCUT2D eigenvalue weighted by atomic mass is 9.99. The second-order valence-electron chi connectivity index (χ2n) is 6.50. The van der Waals surface area contributed by atoms with E-state index in [1.54, 1.807) is 37.7 Å². The fourth-order valence-corrected chi connectivity index (χ4v) is 3.18. The summed E-state index contributed by atoms with van der Waals surface area (Å²) >= 11 is 0. The Morgan fingerprint density at radius 2 is 1.79 bits per heavy atom. The van der Waals surface area contributed by atoms with Crippen molar-refractivity contribution in [2.75, 3.05) is 12.4 Å². The van der Waals surface area contributed by atoms with Crippen LogP contribution in [0.15, 0.2) is 88.5 Å². The van der Waals surface area contributed by atoms with E-state index in [-0.39, 0.29) is 5.82 Å². The topological polar surface area (TPSA) is 50.4 Å². The van der Waals surface area contributed by atoms with Gasteiger partial charge in [-0.05, 0) is 35.4 Å². The van der Waals surface area contributed by atoms with Crippen molar-refractivity contribution in [2.45, 2.75) is 6.54 Å². The van der Waals surface area contributed by atoms with E-state index >= 15 is 0 Å². The van der Waals surface area contributed by atoms with E-state index in [1.165, 1.54) is 6.07 Å². The summed E-state index contributed by atoms with van der Waals surface area (Å²) in [4.78, 5) is 8.93. The number of pyridine rings is 1. The van der Waals surface area contributed by atoms with Gasteiger partial charge in [0.25, 0.3) is 0 Å². The number of hydrogen-bond donors (Lipinski definition) is 1. The highest BCUT2D eigenvalue weighted by molar-refractivity contribution is 5.97. The molecule has 2 aromatic heterocycles. The van der Waals surface area contributed by atoms with E-state index < -0.39 is 0 Å². The summed E-state index contributed by atoms with van der Waals surface area (Å²) in [5.41, 5.74) is 3.65. The Morgan fingerprint density at radius 3 is 2.52 bits per heavy atom. The Bertz CT molecular complexity index is 1120. The van der Waals surface area contributed by atoms with E-state index in [0.29, 0.717) is 34.9 Å².